The van der Waals surface area contributed by atoms with Gasteiger partial charge in [0.05, 0.1) is 0 Å². The number of halogens is 3. The predicted octanol–water partition coefficient (Wildman–Crippen LogP) is 1.43. The molecule has 2 aromatic rings. The van der Waals surface area contributed by atoms with Crippen LogP contribution in [0, 0.1) is 0 Å². The minimum absolute atomic E-state index is 0.152. The fraction of sp³-hybridized carbons (Fsp3) is 0.500. The van der Waals surface area contributed by atoms with Crippen LogP contribution in [0.5, 0.6) is 0 Å². The van der Waals surface area contributed by atoms with Crippen LogP contribution in [0.4, 0.5) is 13.2 Å². The summed E-state index contributed by atoms with van der Waals surface area (Å²) in [4.78, 5) is 11.9. The van der Waals surface area contributed by atoms with E-state index in [1.807, 2.05) is 0 Å². The Kier molecular flexibility index (Phi) is 3.85. The zero-order chi connectivity index (χ0) is 14.9. The van der Waals surface area contributed by atoms with Crippen molar-refractivity contribution >= 4 is 5.65 Å². The number of aryl methyl sites for hydroxylation is 2. The van der Waals surface area contributed by atoms with Crippen LogP contribution in [0.3, 0.4) is 0 Å². The molecule has 0 bridgehead atoms. The van der Waals surface area contributed by atoms with E-state index in [1.54, 1.807) is 11.5 Å². The van der Waals surface area contributed by atoms with Crippen molar-refractivity contribution < 1.29 is 13.2 Å². The highest BCUT2D eigenvalue weighted by Gasteiger charge is 2.34. The van der Waals surface area contributed by atoms with Crippen molar-refractivity contribution in [2.75, 3.05) is 6.54 Å². The van der Waals surface area contributed by atoms with E-state index in [0.29, 0.717) is 31.6 Å². The third kappa shape index (κ3) is 2.55. The van der Waals surface area contributed by atoms with Crippen LogP contribution >= 0.6 is 0 Å². The van der Waals surface area contributed by atoms with Gasteiger partial charge in [0.1, 0.15) is 5.65 Å². The topological polar surface area (TPSA) is 65.3 Å². The van der Waals surface area contributed by atoms with Gasteiger partial charge in [-0.15, -0.1) is 0 Å². The molecule has 0 aliphatic heterocycles. The summed E-state index contributed by atoms with van der Waals surface area (Å²) in [6, 6.07) is 2.22. The molecule has 0 aliphatic rings. The molecule has 5 nitrogen and oxygen atoms in total. The minimum Gasteiger partial charge on any atom is -0.330 e. The lowest BCUT2D eigenvalue weighted by Gasteiger charge is -2.12. The number of rotatable bonds is 4. The normalized spacial score (nSPS) is 12.2. The molecule has 2 rings (SSSR count). The fourth-order valence-electron chi connectivity index (χ4n) is 2.15. The van der Waals surface area contributed by atoms with E-state index in [-0.39, 0.29) is 5.65 Å². The zero-order valence-electron chi connectivity index (χ0n) is 10.9. The molecule has 0 atom stereocenters. The van der Waals surface area contributed by atoms with Crippen LogP contribution < -0.4 is 11.3 Å². The van der Waals surface area contributed by atoms with E-state index >= 15 is 0 Å². The van der Waals surface area contributed by atoms with Gasteiger partial charge in [-0.1, -0.05) is 0 Å². The Bertz CT molecular complexity index is 672. The number of hydrogen-bond donors (Lipinski definition) is 1. The second-order valence-corrected chi connectivity index (χ2v) is 4.41. The summed E-state index contributed by atoms with van der Waals surface area (Å²) >= 11 is 0. The summed E-state index contributed by atoms with van der Waals surface area (Å²) in [5, 5.41) is 3.35. The first-order chi connectivity index (χ1) is 9.38. The smallest absolute Gasteiger partial charge is 0.330 e. The second-order valence-electron chi connectivity index (χ2n) is 4.41. The van der Waals surface area contributed by atoms with Crippen LogP contribution in [0.25, 0.3) is 5.65 Å². The van der Waals surface area contributed by atoms with Gasteiger partial charge in [0.15, 0.2) is 5.69 Å². The summed E-state index contributed by atoms with van der Waals surface area (Å²) in [6.45, 7) is 2.71. The highest BCUT2D eigenvalue weighted by molar-refractivity contribution is 5.42. The lowest BCUT2D eigenvalue weighted by Crippen LogP contribution is -2.21. The van der Waals surface area contributed by atoms with Crippen molar-refractivity contribution in [1.82, 2.24) is 14.2 Å². The zero-order valence-corrected chi connectivity index (χ0v) is 10.9. The molecule has 2 heterocycles. The van der Waals surface area contributed by atoms with Gasteiger partial charge in [0.2, 0.25) is 0 Å². The molecule has 2 aromatic heterocycles. The number of nitrogens with two attached hydrogens (primary N) is 1. The SMILES string of the molecule is CCn1c(CCCN)cc(=O)n2nc(C(F)(F)F)cc12. The quantitative estimate of drug-likeness (QED) is 0.925. The van der Waals surface area contributed by atoms with Crippen molar-refractivity contribution in [2.24, 2.45) is 5.73 Å². The molecule has 0 spiro atoms. The van der Waals surface area contributed by atoms with Gasteiger partial charge >= 0.3 is 6.18 Å². The van der Waals surface area contributed by atoms with Crippen molar-refractivity contribution in [2.45, 2.75) is 32.5 Å². The van der Waals surface area contributed by atoms with Crippen molar-refractivity contribution in [3.63, 3.8) is 0 Å². The van der Waals surface area contributed by atoms with Gasteiger partial charge in [-0.2, -0.15) is 22.8 Å². The number of aromatic nitrogens is 3. The maximum absolute atomic E-state index is 12.7. The lowest BCUT2D eigenvalue weighted by atomic mass is 10.2. The van der Waals surface area contributed by atoms with Crippen LogP contribution in [0.2, 0.25) is 0 Å². The Morgan fingerprint density at radius 1 is 1.35 bits per heavy atom. The summed E-state index contributed by atoms with van der Waals surface area (Å²) in [6.07, 6.45) is -3.36. The molecule has 0 amide bonds. The number of hydrogen-bond acceptors (Lipinski definition) is 3. The Labute approximate surface area is 112 Å². The molecule has 0 aliphatic carbocycles. The molecular weight excluding hydrogens is 273 g/mol. The van der Waals surface area contributed by atoms with Gasteiger partial charge in [0.25, 0.3) is 5.56 Å². The monoisotopic (exact) mass is 288 g/mol. The van der Waals surface area contributed by atoms with Gasteiger partial charge in [-0.25, -0.2) is 0 Å². The van der Waals surface area contributed by atoms with E-state index in [4.69, 9.17) is 5.73 Å². The number of fused-ring (bicyclic) bond motifs is 1. The second kappa shape index (κ2) is 5.28. The molecule has 2 N–H and O–H groups in total. The Morgan fingerprint density at radius 2 is 2.05 bits per heavy atom. The van der Waals surface area contributed by atoms with Crippen molar-refractivity contribution in [1.29, 1.82) is 0 Å². The van der Waals surface area contributed by atoms with E-state index < -0.39 is 17.4 Å². The summed E-state index contributed by atoms with van der Waals surface area (Å²) in [5.74, 6) is 0. The predicted molar refractivity (Wildman–Crippen MR) is 67.5 cm³/mol. The van der Waals surface area contributed by atoms with E-state index in [1.165, 1.54) is 6.07 Å². The largest absolute Gasteiger partial charge is 0.435 e. The summed E-state index contributed by atoms with van der Waals surface area (Å²) in [7, 11) is 0. The Hall–Kier alpha value is -1.83. The van der Waals surface area contributed by atoms with E-state index in [2.05, 4.69) is 5.10 Å². The first kappa shape index (κ1) is 14.6. The number of alkyl halides is 3. The minimum atomic E-state index is -4.57. The van der Waals surface area contributed by atoms with E-state index in [0.717, 1.165) is 10.6 Å². The molecule has 0 saturated heterocycles. The molecule has 0 radical (unpaired) electrons. The highest BCUT2D eigenvalue weighted by atomic mass is 19.4. The van der Waals surface area contributed by atoms with Crippen LogP contribution in [0.1, 0.15) is 24.7 Å². The molecule has 0 fully saturated rings. The molecular formula is C12H15F3N4O. The Morgan fingerprint density at radius 3 is 2.60 bits per heavy atom. The maximum Gasteiger partial charge on any atom is 0.435 e. The third-order valence-corrected chi connectivity index (χ3v) is 3.06. The van der Waals surface area contributed by atoms with Crippen molar-refractivity contribution in [3.8, 4) is 0 Å². The van der Waals surface area contributed by atoms with Gasteiger partial charge in [-0.05, 0) is 26.3 Å². The van der Waals surface area contributed by atoms with Gasteiger partial charge in [0, 0.05) is 24.4 Å². The molecule has 0 unspecified atom stereocenters. The standard InChI is InChI=1S/C12H15F3N4O/c1-2-18-8(4-3-5-16)6-11(20)19-10(18)7-9(17-19)12(13,14)15/h6-7H,2-5,16H2,1H3. The maximum atomic E-state index is 12.7. The highest BCUT2D eigenvalue weighted by Crippen LogP contribution is 2.28. The van der Waals surface area contributed by atoms with E-state index in [9.17, 15) is 18.0 Å². The molecule has 8 heteroatoms. The van der Waals surface area contributed by atoms with Crippen LogP contribution in [-0.2, 0) is 19.1 Å². The summed E-state index contributed by atoms with van der Waals surface area (Å²) < 4.78 is 40.5. The molecule has 110 valence electrons. The fourth-order valence-corrected chi connectivity index (χ4v) is 2.15. The molecule has 0 saturated carbocycles. The average molecular weight is 288 g/mol. The summed E-state index contributed by atoms with van der Waals surface area (Å²) in [5.41, 5.74) is 4.62. The van der Waals surface area contributed by atoms with Crippen LogP contribution in [0.15, 0.2) is 16.9 Å². The first-order valence-electron chi connectivity index (χ1n) is 6.28. The van der Waals surface area contributed by atoms with Crippen LogP contribution in [-0.4, -0.2) is 20.7 Å². The van der Waals surface area contributed by atoms with Gasteiger partial charge < -0.3 is 10.3 Å². The Balaban J connectivity index is 2.66. The first-order valence-corrected chi connectivity index (χ1v) is 6.28. The number of nitrogens with zero attached hydrogens (tertiary/aromatic N) is 3. The molecule has 20 heavy (non-hydrogen) atoms. The lowest BCUT2D eigenvalue weighted by molar-refractivity contribution is -0.141. The van der Waals surface area contributed by atoms with Gasteiger partial charge in [-0.3, -0.25) is 4.79 Å². The van der Waals surface area contributed by atoms with Crippen molar-refractivity contribution in [3.05, 3.63) is 33.9 Å². The molecule has 0 aromatic carbocycles. The third-order valence-electron chi connectivity index (χ3n) is 3.06. The average Bonchev–Trinajstić information content (AvgIpc) is 2.81.